The third-order valence-corrected chi connectivity index (χ3v) is 5.33. The van der Waals surface area contributed by atoms with Crippen LogP contribution in [0.15, 0.2) is 48.5 Å². The molecule has 174 valence electrons. The third-order valence-electron chi connectivity index (χ3n) is 5.33. The Balaban J connectivity index is 1.57. The van der Waals surface area contributed by atoms with E-state index in [0.29, 0.717) is 30.5 Å². The van der Waals surface area contributed by atoms with Crippen LogP contribution in [-0.4, -0.2) is 53.3 Å². The Morgan fingerprint density at radius 2 is 1.45 bits per heavy atom. The van der Waals surface area contributed by atoms with E-state index in [9.17, 15) is 19.2 Å². The Hall–Kier alpha value is -3.48. The number of carbonyl (C=O) groups is 4. The van der Waals surface area contributed by atoms with E-state index < -0.39 is 30.3 Å². The second kappa shape index (κ2) is 9.98. The monoisotopic (exact) mass is 451 g/mol. The first-order valence-electron chi connectivity index (χ1n) is 11.0. The van der Waals surface area contributed by atoms with Crippen LogP contribution in [0.2, 0.25) is 0 Å². The second-order valence-electron chi connectivity index (χ2n) is 9.07. The van der Waals surface area contributed by atoms with E-state index in [4.69, 9.17) is 9.47 Å². The molecule has 1 aliphatic heterocycles. The zero-order valence-electron chi connectivity index (χ0n) is 19.4. The predicted molar refractivity (Wildman–Crippen MR) is 123 cm³/mol. The summed E-state index contributed by atoms with van der Waals surface area (Å²) in [6, 6.07) is 13.5. The fourth-order valence-corrected chi connectivity index (χ4v) is 3.61. The van der Waals surface area contributed by atoms with Crippen LogP contribution in [-0.2, 0) is 14.3 Å². The van der Waals surface area contributed by atoms with Gasteiger partial charge in [0.25, 0.3) is 0 Å². The minimum Gasteiger partial charge on any atom is -0.456 e. The van der Waals surface area contributed by atoms with Gasteiger partial charge in [0.05, 0.1) is 0 Å². The SMILES string of the molecule is CC(=O)c1ccc(-c2ccc(C(=O)COC(=O)[C@@H]3CCCN3C(=O)OC(C)(C)C)cc2)cc1. The maximum Gasteiger partial charge on any atom is 0.411 e. The summed E-state index contributed by atoms with van der Waals surface area (Å²) < 4.78 is 10.6. The Kier molecular flexibility index (Phi) is 7.31. The molecule has 2 aromatic rings. The van der Waals surface area contributed by atoms with Crippen LogP contribution in [0.1, 0.15) is 61.3 Å². The van der Waals surface area contributed by atoms with Gasteiger partial charge >= 0.3 is 12.1 Å². The molecule has 0 aromatic heterocycles. The Labute approximate surface area is 193 Å². The van der Waals surface area contributed by atoms with Gasteiger partial charge in [0.15, 0.2) is 18.2 Å². The van der Waals surface area contributed by atoms with Crippen molar-refractivity contribution in [2.75, 3.05) is 13.2 Å². The quantitative estimate of drug-likeness (QED) is 0.468. The lowest BCUT2D eigenvalue weighted by Crippen LogP contribution is -2.44. The van der Waals surface area contributed by atoms with E-state index >= 15 is 0 Å². The van der Waals surface area contributed by atoms with Gasteiger partial charge in [0, 0.05) is 17.7 Å². The zero-order valence-corrected chi connectivity index (χ0v) is 19.4. The first-order chi connectivity index (χ1) is 15.5. The highest BCUT2D eigenvalue weighted by molar-refractivity contribution is 5.99. The summed E-state index contributed by atoms with van der Waals surface area (Å²) in [6.07, 6.45) is 0.589. The summed E-state index contributed by atoms with van der Waals surface area (Å²) in [5.41, 5.74) is 2.22. The number of hydrogen-bond donors (Lipinski definition) is 0. The van der Waals surface area contributed by atoms with E-state index in [2.05, 4.69) is 0 Å². The molecular weight excluding hydrogens is 422 g/mol. The van der Waals surface area contributed by atoms with Crippen LogP contribution < -0.4 is 0 Å². The van der Waals surface area contributed by atoms with Gasteiger partial charge in [-0.1, -0.05) is 48.5 Å². The van der Waals surface area contributed by atoms with Gasteiger partial charge in [-0.15, -0.1) is 0 Å². The van der Waals surface area contributed by atoms with Gasteiger partial charge in [-0.3, -0.25) is 14.5 Å². The zero-order chi connectivity index (χ0) is 24.2. The van der Waals surface area contributed by atoms with E-state index in [1.54, 1.807) is 57.2 Å². The Bertz CT molecular complexity index is 1030. The molecular formula is C26H29NO6. The predicted octanol–water partition coefficient (Wildman–Crippen LogP) is 4.68. The molecule has 0 radical (unpaired) electrons. The standard InChI is InChI=1S/C26H29NO6/c1-17(28)18-7-9-19(10-8-18)20-11-13-21(14-12-20)23(29)16-32-24(30)22-6-5-15-27(22)25(31)33-26(2,3)4/h7-14,22H,5-6,15-16H2,1-4H3/t22-/m0/s1. The number of ether oxygens (including phenoxy) is 2. The molecule has 3 rings (SSSR count). The van der Waals surface area contributed by atoms with Crippen molar-refractivity contribution in [2.24, 2.45) is 0 Å². The van der Waals surface area contributed by atoms with Crippen molar-refractivity contribution in [3.63, 3.8) is 0 Å². The van der Waals surface area contributed by atoms with Crippen LogP contribution in [0.5, 0.6) is 0 Å². The molecule has 1 saturated heterocycles. The maximum atomic E-state index is 12.5. The number of hydrogen-bond acceptors (Lipinski definition) is 6. The number of nitrogens with zero attached hydrogens (tertiary/aromatic N) is 1. The number of esters is 1. The molecule has 0 spiro atoms. The summed E-state index contributed by atoms with van der Waals surface area (Å²) in [6.45, 7) is 6.82. The van der Waals surface area contributed by atoms with Crippen molar-refractivity contribution in [2.45, 2.75) is 52.2 Å². The normalized spacial score (nSPS) is 15.8. The van der Waals surface area contributed by atoms with E-state index in [-0.39, 0.29) is 11.6 Å². The molecule has 1 heterocycles. The summed E-state index contributed by atoms with van der Waals surface area (Å²) >= 11 is 0. The molecule has 1 atom stereocenters. The van der Waals surface area contributed by atoms with Crippen LogP contribution >= 0.6 is 0 Å². The molecule has 33 heavy (non-hydrogen) atoms. The molecule has 0 saturated carbocycles. The molecule has 0 aliphatic carbocycles. The maximum absolute atomic E-state index is 12.5. The smallest absolute Gasteiger partial charge is 0.411 e. The fourth-order valence-electron chi connectivity index (χ4n) is 3.61. The number of likely N-dealkylation sites (tertiary alicyclic amines) is 1. The summed E-state index contributed by atoms with van der Waals surface area (Å²) in [4.78, 5) is 50.2. The van der Waals surface area contributed by atoms with Crippen molar-refractivity contribution in [3.8, 4) is 11.1 Å². The molecule has 7 nitrogen and oxygen atoms in total. The van der Waals surface area contributed by atoms with E-state index in [1.165, 1.54) is 11.8 Å². The number of rotatable bonds is 6. The van der Waals surface area contributed by atoms with Gasteiger partial charge in [0.2, 0.25) is 0 Å². The van der Waals surface area contributed by atoms with Crippen LogP contribution in [0.25, 0.3) is 11.1 Å². The number of carbonyl (C=O) groups excluding carboxylic acids is 4. The minimum absolute atomic E-state index is 0.00357. The van der Waals surface area contributed by atoms with Gasteiger partial charge in [-0.25, -0.2) is 9.59 Å². The highest BCUT2D eigenvalue weighted by Gasteiger charge is 2.37. The van der Waals surface area contributed by atoms with E-state index in [0.717, 1.165) is 11.1 Å². The number of ketones is 2. The summed E-state index contributed by atoms with van der Waals surface area (Å²) in [5, 5.41) is 0. The van der Waals surface area contributed by atoms with Gasteiger partial charge < -0.3 is 9.47 Å². The minimum atomic E-state index is -0.743. The second-order valence-corrected chi connectivity index (χ2v) is 9.07. The van der Waals surface area contributed by atoms with Gasteiger partial charge in [-0.2, -0.15) is 0 Å². The fraction of sp³-hybridized carbons (Fsp3) is 0.385. The van der Waals surface area contributed by atoms with Gasteiger partial charge in [0.1, 0.15) is 11.6 Å². The number of benzene rings is 2. The molecule has 7 heteroatoms. The first kappa shape index (κ1) is 24.2. The molecule has 0 N–H and O–H groups in total. The van der Waals surface area contributed by atoms with Crippen molar-refractivity contribution in [3.05, 3.63) is 59.7 Å². The van der Waals surface area contributed by atoms with Gasteiger partial charge in [-0.05, 0) is 51.7 Å². The van der Waals surface area contributed by atoms with Crippen molar-refractivity contribution in [1.82, 2.24) is 4.90 Å². The molecule has 1 fully saturated rings. The summed E-state index contributed by atoms with van der Waals surface area (Å²) in [5.74, 6) is -0.929. The molecule has 2 aromatic carbocycles. The average Bonchev–Trinajstić information content (AvgIpc) is 3.27. The van der Waals surface area contributed by atoms with E-state index in [1.807, 2.05) is 12.1 Å². The lowest BCUT2D eigenvalue weighted by Gasteiger charge is -2.27. The topological polar surface area (TPSA) is 90.0 Å². The average molecular weight is 452 g/mol. The lowest BCUT2D eigenvalue weighted by atomic mass is 10.0. The van der Waals surface area contributed by atoms with Crippen LogP contribution in [0, 0.1) is 0 Å². The highest BCUT2D eigenvalue weighted by atomic mass is 16.6. The molecule has 0 unspecified atom stereocenters. The third kappa shape index (κ3) is 6.28. The Morgan fingerprint density at radius 3 is 1.97 bits per heavy atom. The van der Waals surface area contributed by atoms with Crippen molar-refractivity contribution in [1.29, 1.82) is 0 Å². The number of amides is 1. The van der Waals surface area contributed by atoms with Crippen LogP contribution in [0.4, 0.5) is 4.79 Å². The van der Waals surface area contributed by atoms with Crippen LogP contribution in [0.3, 0.4) is 0 Å². The lowest BCUT2D eigenvalue weighted by molar-refractivity contribution is -0.147. The largest absolute Gasteiger partial charge is 0.456 e. The Morgan fingerprint density at radius 1 is 0.909 bits per heavy atom. The van der Waals surface area contributed by atoms with Crippen molar-refractivity contribution >= 4 is 23.6 Å². The molecule has 1 amide bonds. The molecule has 0 bridgehead atoms. The molecule has 1 aliphatic rings. The number of Topliss-reactive ketones (excluding diaryl/α,β-unsaturated/α-hetero) is 2. The first-order valence-corrected chi connectivity index (χ1v) is 11.0. The van der Waals surface area contributed by atoms with Crippen molar-refractivity contribution < 1.29 is 28.7 Å². The summed E-state index contributed by atoms with van der Waals surface area (Å²) in [7, 11) is 0. The highest BCUT2D eigenvalue weighted by Crippen LogP contribution is 2.23.